The molecule has 1 aliphatic rings. The highest BCUT2D eigenvalue weighted by molar-refractivity contribution is 5.94. The minimum Gasteiger partial charge on any atom is -0.338 e. The normalized spacial score (nSPS) is 16.3. The fourth-order valence-electron chi connectivity index (χ4n) is 3.40. The number of halogens is 1. The van der Waals surface area contributed by atoms with Crippen molar-refractivity contribution in [3.05, 3.63) is 86.6 Å². The molecule has 1 amide bonds. The molecule has 28 heavy (non-hydrogen) atoms. The Hall–Kier alpha value is -3.55. The van der Waals surface area contributed by atoms with Crippen LogP contribution in [0.2, 0.25) is 0 Å². The van der Waals surface area contributed by atoms with E-state index in [9.17, 15) is 18.8 Å². The van der Waals surface area contributed by atoms with Gasteiger partial charge in [-0.05, 0) is 36.8 Å². The predicted molar refractivity (Wildman–Crippen MR) is 101 cm³/mol. The second kappa shape index (κ2) is 7.22. The van der Waals surface area contributed by atoms with Crippen LogP contribution in [0.25, 0.3) is 11.3 Å². The number of rotatable bonds is 3. The highest BCUT2D eigenvalue weighted by atomic mass is 19.1. The van der Waals surface area contributed by atoms with Crippen molar-refractivity contribution in [2.45, 2.75) is 12.3 Å². The van der Waals surface area contributed by atoms with Crippen LogP contribution in [0, 0.1) is 5.82 Å². The topological polar surface area (TPSA) is 98.9 Å². The van der Waals surface area contributed by atoms with Crippen molar-refractivity contribution >= 4 is 5.91 Å². The van der Waals surface area contributed by atoms with Crippen molar-refractivity contribution in [1.82, 2.24) is 19.9 Å². The summed E-state index contributed by atoms with van der Waals surface area (Å²) < 4.78 is 13.4. The van der Waals surface area contributed by atoms with Crippen LogP contribution >= 0.6 is 0 Å². The van der Waals surface area contributed by atoms with Crippen molar-refractivity contribution in [1.29, 1.82) is 0 Å². The summed E-state index contributed by atoms with van der Waals surface area (Å²) in [6.45, 7) is 0.826. The number of nitrogens with one attached hydrogen (secondary N) is 2. The molecule has 1 fully saturated rings. The van der Waals surface area contributed by atoms with Crippen LogP contribution in [-0.2, 0) is 0 Å². The van der Waals surface area contributed by atoms with Gasteiger partial charge in [0.05, 0.1) is 11.3 Å². The van der Waals surface area contributed by atoms with Crippen molar-refractivity contribution < 1.29 is 9.18 Å². The number of benzene rings is 1. The van der Waals surface area contributed by atoms with E-state index in [0.717, 1.165) is 0 Å². The molecule has 1 atom stereocenters. The number of nitrogens with zero attached hydrogens (tertiary/aromatic N) is 2. The zero-order chi connectivity index (χ0) is 19.7. The van der Waals surface area contributed by atoms with E-state index >= 15 is 0 Å². The van der Waals surface area contributed by atoms with Crippen LogP contribution in [-0.4, -0.2) is 38.8 Å². The second-order valence-corrected chi connectivity index (χ2v) is 6.68. The summed E-state index contributed by atoms with van der Waals surface area (Å²) in [6, 6.07) is 10.1. The standard InChI is InChI=1S/C20H17FN4O3/c21-14-4-1-3-12(9-14)20(28)25-8-6-13(11-25)18-23-16(10-17(26)24-18)15-5-2-7-22-19(15)27/h1-5,7,9-10,13H,6,8,11H2,(H,22,27)(H,23,24,26). The van der Waals surface area contributed by atoms with Gasteiger partial charge in [-0.3, -0.25) is 14.4 Å². The lowest BCUT2D eigenvalue weighted by atomic mass is 10.1. The summed E-state index contributed by atoms with van der Waals surface area (Å²) in [6.07, 6.45) is 2.12. The van der Waals surface area contributed by atoms with E-state index in [0.29, 0.717) is 30.9 Å². The zero-order valence-corrected chi connectivity index (χ0v) is 14.8. The lowest BCUT2D eigenvalue weighted by Gasteiger charge is -2.16. The van der Waals surface area contributed by atoms with Gasteiger partial charge in [0.25, 0.3) is 17.0 Å². The number of aromatic nitrogens is 3. The monoisotopic (exact) mass is 380 g/mol. The van der Waals surface area contributed by atoms with Crippen LogP contribution in [0.15, 0.2) is 58.3 Å². The number of aromatic amines is 2. The maximum Gasteiger partial charge on any atom is 0.257 e. The Morgan fingerprint density at radius 1 is 1.18 bits per heavy atom. The third-order valence-corrected chi connectivity index (χ3v) is 4.79. The van der Waals surface area contributed by atoms with Crippen LogP contribution < -0.4 is 11.1 Å². The maximum atomic E-state index is 13.4. The first-order valence-corrected chi connectivity index (χ1v) is 8.85. The summed E-state index contributed by atoms with van der Waals surface area (Å²) in [4.78, 5) is 48.0. The third kappa shape index (κ3) is 3.48. The van der Waals surface area contributed by atoms with Gasteiger partial charge in [-0.2, -0.15) is 0 Å². The third-order valence-electron chi connectivity index (χ3n) is 4.79. The Kier molecular flexibility index (Phi) is 4.60. The summed E-state index contributed by atoms with van der Waals surface area (Å²) in [7, 11) is 0. The van der Waals surface area contributed by atoms with Gasteiger partial charge in [-0.25, -0.2) is 9.37 Å². The fourth-order valence-corrected chi connectivity index (χ4v) is 3.40. The van der Waals surface area contributed by atoms with Gasteiger partial charge in [-0.1, -0.05) is 6.07 Å². The van der Waals surface area contributed by atoms with E-state index in [1.165, 1.54) is 30.5 Å². The van der Waals surface area contributed by atoms with Gasteiger partial charge >= 0.3 is 0 Å². The van der Waals surface area contributed by atoms with Gasteiger partial charge in [0.1, 0.15) is 11.6 Å². The molecular formula is C20H17FN4O3. The molecule has 142 valence electrons. The predicted octanol–water partition coefficient (Wildman–Crippen LogP) is 1.89. The molecule has 8 heteroatoms. The quantitative estimate of drug-likeness (QED) is 0.725. The molecule has 0 aliphatic carbocycles. The molecule has 1 aromatic carbocycles. The molecular weight excluding hydrogens is 363 g/mol. The van der Waals surface area contributed by atoms with E-state index in [2.05, 4.69) is 15.0 Å². The van der Waals surface area contributed by atoms with Gasteiger partial charge in [-0.15, -0.1) is 0 Å². The summed E-state index contributed by atoms with van der Waals surface area (Å²) in [5.41, 5.74) is 0.182. The molecule has 0 radical (unpaired) electrons. The molecule has 0 spiro atoms. The van der Waals surface area contributed by atoms with Crippen LogP contribution in [0.4, 0.5) is 4.39 Å². The number of pyridine rings is 1. The Morgan fingerprint density at radius 2 is 2.04 bits per heavy atom. The lowest BCUT2D eigenvalue weighted by Crippen LogP contribution is -2.29. The molecule has 1 unspecified atom stereocenters. The van der Waals surface area contributed by atoms with Crippen LogP contribution in [0.3, 0.4) is 0 Å². The summed E-state index contributed by atoms with van der Waals surface area (Å²) in [5.74, 6) is -0.471. The Balaban J connectivity index is 1.59. The fraction of sp³-hybridized carbons (Fsp3) is 0.200. The molecule has 2 aromatic heterocycles. The SMILES string of the molecule is O=C(c1cccc(F)c1)N1CCC(c2nc(-c3ccc[nH]c3=O)cc(=O)[nH]2)C1. The molecule has 0 saturated carbocycles. The first-order valence-electron chi connectivity index (χ1n) is 8.85. The molecule has 0 bridgehead atoms. The van der Waals surface area contributed by atoms with Gasteiger partial charge in [0.2, 0.25) is 0 Å². The van der Waals surface area contributed by atoms with Crippen LogP contribution in [0.1, 0.15) is 28.5 Å². The molecule has 3 aromatic rings. The molecule has 1 saturated heterocycles. The van der Waals surface area contributed by atoms with Crippen molar-refractivity contribution in [3.63, 3.8) is 0 Å². The average Bonchev–Trinajstić information content (AvgIpc) is 3.17. The number of hydrogen-bond acceptors (Lipinski definition) is 4. The second-order valence-electron chi connectivity index (χ2n) is 6.68. The molecule has 2 N–H and O–H groups in total. The van der Waals surface area contributed by atoms with Gasteiger partial charge in [0.15, 0.2) is 0 Å². The zero-order valence-electron chi connectivity index (χ0n) is 14.8. The van der Waals surface area contributed by atoms with Crippen molar-refractivity contribution in [2.75, 3.05) is 13.1 Å². The van der Waals surface area contributed by atoms with E-state index in [1.807, 2.05) is 0 Å². The largest absolute Gasteiger partial charge is 0.338 e. The number of hydrogen-bond donors (Lipinski definition) is 2. The first kappa shape index (κ1) is 17.8. The summed E-state index contributed by atoms with van der Waals surface area (Å²) in [5, 5.41) is 0. The Bertz CT molecular complexity index is 1150. The molecule has 1 aliphatic heterocycles. The minimum absolute atomic E-state index is 0.173. The first-order chi connectivity index (χ1) is 13.5. The summed E-state index contributed by atoms with van der Waals surface area (Å²) >= 11 is 0. The molecule has 3 heterocycles. The van der Waals surface area contributed by atoms with E-state index < -0.39 is 5.82 Å². The Labute approximate surface area is 158 Å². The highest BCUT2D eigenvalue weighted by Crippen LogP contribution is 2.26. The molecule has 7 nitrogen and oxygen atoms in total. The van der Waals surface area contributed by atoms with Crippen molar-refractivity contribution in [2.24, 2.45) is 0 Å². The van der Waals surface area contributed by atoms with Crippen LogP contribution in [0.5, 0.6) is 0 Å². The number of amides is 1. The van der Waals surface area contributed by atoms with E-state index in [-0.39, 0.29) is 34.2 Å². The number of likely N-dealkylation sites (tertiary alicyclic amines) is 1. The Morgan fingerprint density at radius 3 is 2.82 bits per heavy atom. The smallest absolute Gasteiger partial charge is 0.257 e. The maximum absolute atomic E-state index is 13.4. The number of carbonyl (C=O) groups excluding carboxylic acids is 1. The number of carbonyl (C=O) groups is 1. The van der Waals surface area contributed by atoms with Gasteiger partial charge < -0.3 is 14.9 Å². The molecule has 4 rings (SSSR count). The minimum atomic E-state index is -0.464. The van der Waals surface area contributed by atoms with Gasteiger partial charge in [0, 0.05) is 36.8 Å². The van der Waals surface area contributed by atoms with Crippen molar-refractivity contribution in [3.8, 4) is 11.3 Å². The van der Waals surface area contributed by atoms with E-state index in [1.54, 1.807) is 23.1 Å². The highest BCUT2D eigenvalue weighted by Gasteiger charge is 2.30. The lowest BCUT2D eigenvalue weighted by molar-refractivity contribution is 0.0790. The number of H-pyrrole nitrogens is 2. The van der Waals surface area contributed by atoms with E-state index in [4.69, 9.17) is 0 Å². The average molecular weight is 380 g/mol.